The number of thiophene rings is 1. The Morgan fingerprint density at radius 2 is 2.12 bits per heavy atom. The Hall–Kier alpha value is -0.780. The number of hydrogen-bond acceptors (Lipinski definition) is 2. The first-order valence-electron chi connectivity index (χ1n) is 4.93. The normalized spacial score (nSPS) is 12.7. The molecule has 0 fully saturated rings. The zero-order valence-electron chi connectivity index (χ0n) is 8.66. The predicted octanol–water partition coefficient (Wildman–Crippen LogP) is 4.06. The van der Waals surface area contributed by atoms with E-state index in [0.717, 1.165) is 15.4 Å². The van der Waals surface area contributed by atoms with E-state index in [4.69, 9.17) is 0 Å². The van der Waals surface area contributed by atoms with E-state index in [1.54, 1.807) is 0 Å². The summed E-state index contributed by atoms with van der Waals surface area (Å²) >= 11 is 4.76. The minimum Gasteiger partial charge on any atom is -0.388 e. The van der Waals surface area contributed by atoms with E-state index in [1.807, 2.05) is 11.4 Å². The second-order valence-corrected chi connectivity index (χ2v) is 5.51. The molecule has 0 aliphatic rings. The van der Waals surface area contributed by atoms with Gasteiger partial charge in [0.2, 0.25) is 0 Å². The molecule has 0 amide bonds. The van der Waals surface area contributed by atoms with Crippen molar-refractivity contribution in [3.63, 3.8) is 0 Å². The van der Waals surface area contributed by atoms with Crippen LogP contribution in [-0.2, 0) is 6.42 Å². The third-order valence-electron chi connectivity index (χ3n) is 2.36. The fraction of sp³-hybridized carbons (Fsp3) is 0.167. The standard InChI is InChI=1S/C12H9BrF2OS/c13-7-4-8(17-6-7)5-11(16)9-2-1-3-10(14)12(9)15/h1-4,6,11,16H,5H2. The molecule has 1 aromatic heterocycles. The first kappa shape index (κ1) is 12.7. The third-order valence-corrected chi connectivity index (χ3v) is 4.08. The highest BCUT2D eigenvalue weighted by atomic mass is 79.9. The molecule has 17 heavy (non-hydrogen) atoms. The van der Waals surface area contributed by atoms with E-state index in [9.17, 15) is 13.9 Å². The molecule has 2 rings (SSSR count). The Kier molecular flexibility index (Phi) is 3.91. The van der Waals surface area contributed by atoms with E-state index in [-0.39, 0.29) is 12.0 Å². The van der Waals surface area contributed by atoms with Gasteiger partial charge in [-0.3, -0.25) is 0 Å². The fourth-order valence-electron chi connectivity index (χ4n) is 1.54. The van der Waals surface area contributed by atoms with Gasteiger partial charge in [0, 0.05) is 26.7 Å². The van der Waals surface area contributed by atoms with E-state index >= 15 is 0 Å². The molecule has 0 radical (unpaired) electrons. The van der Waals surface area contributed by atoms with Gasteiger partial charge in [-0.15, -0.1) is 11.3 Å². The van der Waals surface area contributed by atoms with Crippen LogP contribution in [0, 0.1) is 11.6 Å². The summed E-state index contributed by atoms with van der Waals surface area (Å²) < 4.78 is 27.3. The van der Waals surface area contributed by atoms with Gasteiger partial charge in [0.15, 0.2) is 11.6 Å². The molecular formula is C12H9BrF2OS. The van der Waals surface area contributed by atoms with Crippen LogP contribution in [0.4, 0.5) is 8.78 Å². The van der Waals surface area contributed by atoms with Gasteiger partial charge in [0.1, 0.15) is 0 Å². The Morgan fingerprint density at radius 1 is 1.35 bits per heavy atom. The first-order chi connectivity index (χ1) is 8.08. The number of aliphatic hydroxyl groups is 1. The molecule has 0 saturated carbocycles. The van der Waals surface area contributed by atoms with Crippen LogP contribution in [0.25, 0.3) is 0 Å². The van der Waals surface area contributed by atoms with Crippen molar-refractivity contribution >= 4 is 27.3 Å². The fourth-order valence-corrected chi connectivity index (χ4v) is 3.03. The zero-order valence-corrected chi connectivity index (χ0v) is 11.1. The molecule has 2 aromatic rings. The average molecular weight is 319 g/mol. The molecular weight excluding hydrogens is 310 g/mol. The molecule has 90 valence electrons. The molecule has 0 aliphatic carbocycles. The van der Waals surface area contributed by atoms with Crippen LogP contribution < -0.4 is 0 Å². The van der Waals surface area contributed by atoms with Gasteiger partial charge in [-0.25, -0.2) is 8.78 Å². The SMILES string of the molecule is OC(Cc1cc(Br)cs1)c1cccc(F)c1F. The summed E-state index contributed by atoms with van der Waals surface area (Å²) in [5.74, 6) is -1.91. The smallest absolute Gasteiger partial charge is 0.164 e. The topological polar surface area (TPSA) is 20.2 Å². The van der Waals surface area contributed by atoms with Gasteiger partial charge < -0.3 is 5.11 Å². The lowest BCUT2D eigenvalue weighted by Gasteiger charge is -2.10. The van der Waals surface area contributed by atoms with Crippen LogP contribution in [0.15, 0.2) is 34.1 Å². The number of rotatable bonds is 3. The van der Waals surface area contributed by atoms with Gasteiger partial charge in [-0.1, -0.05) is 12.1 Å². The highest BCUT2D eigenvalue weighted by Crippen LogP contribution is 2.27. The molecule has 1 heterocycles. The molecule has 1 unspecified atom stereocenters. The maximum atomic E-state index is 13.4. The van der Waals surface area contributed by atoms with Crippen molar-refractivity contribution in [3.05, 3.63) is 56.2 Å². The monoisotopic (exact) mass is 318 g/mol. The average Bonchev–Trinajstić information content (AvgIpc) is 2.68. The lowest BCUT2D eigenvalue weighted by atomic mass is 10.1. The van der Waals surface area contributed by atoms with Gasteiger partial charge in [0.25, 0.3) is 0 Å². The number of halogens is 3. The van der Waals surface area contributed by atoms with Crippen LogP contribution in [0.3, 0.4) is 0 Å². The van der Waals surface area contributed by atoms with E-state index in [0.29, 0.717) is 0 Å². The summed E-state index contributed by atoms with van der Waals surface area (Å²) in [6.07, 6.45) is -0.757. The van der Waals surface area contributed by atoms with Gasteiger partial charge in [0.05, 0.1) is 6.10 Å². The Labute approximate surface area is 110 Å². The van der Waals surface area contributed by atoms with E-state index in [1.165, 1.54) is 23.5 Å². The summed E-state index contributed by atoms with van der Waals surface area (Å²) in [7, 11) is 0. The Balaban J connectivity index is 2.20. The van der Waals surface area contributed by atoms with Crippen LogP contribution >= 0.6 is 27.3 Å². The van der Waals surface area contributed by atoms with E-state index in [2.05, 4.69) is 15.9 Å². The molecule has 1 nitrogen and oxygen atoms in total. The lowest BCUT2D eigenvalue weighted by Crippen LogP contribution is -2.04. The van der Waals surface area contributed by atoms with Crippen molar-refractivity contribution in [2.24, 2.45) is 0 Å². The number of aliphatic hydroxyl groups excluding tert-OH is 1. The molecule has 0 saturated heterocycles. The lowest BCUT2D eigenvalue weighted by molar-refractivity contribution is 0.173. The summed E-state index contributed by atoms with van der Waals surface area (Å²) in [5, 5.41) is 11.8. The van der Waals surface area contributed by atoms with Gasteiger partial charge in [-0.2, -0.15) is 0 Å². The predicted molar refractivity (Wildman–Crippen MR) is 67.0 cm³/mol. The number of hydrogen-bond donors (Lipinski definition) is 1. The quantitative estimate of drug-likeness (QED) is 0.904. The van der Waals surface area contributed by atoms with Crippen molar-refractivity contribution in [3.8, 4) is 0 Å². The Morgan fingerprint density at radius 3 is 2.76 bits per heavy atom. The minimum absolute atomic E-state index is 0.00507. The summed E-state index contributed by atoms with van der Waals surface area (Å²) in [4.78, 5) is 0.910. The van der Waals surface area contributed by atoms with Crippen molar-refractivity contribution in [2.45, 2.75) is 12.5 Å². The molecule has 5 heteroatoms. The molecule has 0 aliphatic heterocycles. The second kappa shape index (κ2) is 5.25. The molecule has 1 N–H and O–H groups in total. The highest BCUT2D eigenvalue weighted by molar-refractivity contribution is 9.10. The van der Waals surface area contributed by atoms with Crippen molar-refractivity contribution < 1.29 is 13.9 Å². The van der Waals surface area contributed by atoms with Crippen LogP contribution in [0.1, 0.15) is 16.5 Å². The van der Waals surface area contributed by atoms with Crippen molar-refractivity contribution in [1.82, 2.24) is 0 Å². The van der Waals surface area contributed by atoms with Gasteiger partial charge in [-0.05, 0) is 28.1 Å². The van der Waals surface area contributed by atoms with Crippen LogP contribution in [0.2, 0.25) is 0 Å². The molecule has 1 aromatic carbocycles. The van der Waals surface area contributed by atoms with Crippen LogP contribution in [-0.4, -0.2) is 5.11 Å². The minimum atomic E-state index is -1.03. The molecule has 0 spiro atoms. The summed E-state index contributed by atoms with van der Waals surface area (Å²) in [5.41, 5.74) is -0.00507. The second-order valence-electron chi connectivity index (χ2n) is 3.59. The van der Waals surface area contributed by atoms with Crippen molar-refractivity contribution in [2.75, 3.05) is 0 Å². The van der Waals surface area contributed by atoms with Crippen molar-refractivity contribution in [1.29, 1.82) is 0 Å². The third kappa shape index (κ3) is 2.91. The van der Waals surface area contributed by atoms with Gasteiger partial charge >= 0.3 is 0 Å². The summed E-state index contributed by atoms with van der Waals surface area (Å²) in [6.45, 7) is 0. The maximum Gasteiger partial charge on any atom is 0.164 e. The van der Waals surface area contributed by atoms with Crippen LogP contribution in [0.5, 0.6) is 0 Å². The molecule has 0 bridgehead atoms. The zero-order chi connectivity index (χ0) is 12.4. The number of benzene rings is 1. The summed E-state index contributed by atoms with van der Waals surface area (Å²) in [6, 6.07) is 5.67. The maximum absolute atomic E-state index is 13.4. The van der Waals surface area contributed by atoms with E-state index < -0.39 is 17.7 Å². The Bertz CT molecular complexity index is 527. The largest absolute Gasteiger partial charge is 0.388 e. The highest BCUT2D eigenvalue weighted by Gasteiger charge is 2.16. The molecule has 1 atom stereocenters. The first-order valence-corrected chi connectivity index (χ1v) is 6.60.